The van der Waals surface area contributed by atoms with Crippen LogP contribution in [0.5, 0.6) is 5.75 Å². The molecule has 1 aliphatic rings. The van der Waals surface area contributed by atoms with Crippen molar-refractivity contribution in [3.8, 4) is 5.75 Å². The maximum atomic E-state index is 13.7. The number of aryl methyl sites for hydroxylation is 1. The molecular weight excluding hydrogens is 562 g/mol. The van der Waals surface area contributed by atoms with E-state index in [2.05, 4.69) is 18.7 Å². The molecule has 2 amide bonds. The van der Waals surface area contributed by atoms with Gasteiger partial charge in [-0.15, -0.1) is 0 Å². The number of carbonyl (C=O) groups excluding carboxylic acids is 2. The number of hydrogen-bond acceptors (Lipinski definition) is 6. The van der Waals surface area contributed by atoms with Crippen LogP contribution < -0.4 is 9.64 Å². The standard InChI is InChI=1S/C34H43N3O5S/c1-27(2)35-20-12-21-37(33(39)26-42-30-15-6-4-7-16-30)34-28(3)13-10-14-29(34)25-36(23-22-35)32(38)19-11-24-43(40,41)31-17-8-5-9-18-31/h4-10,13-18,27H,11-12,19-26H2,1-3H3. The normalized spacial score (nSPS) is 15.1. The van der Waals surface area contributed by atoms with Gasteiger partial charge < -0.3 is 14.5 Å². The summed E-state index contributed by atoms with van der Waals surface area (Å²) in [5.41, 5.74) is 2.65. The molecule has 0 fully saturated rings. The summed E-state index contributed by atoms with van der Waals surface area (Å²) in [4.78, 5) is 33.5. The lowest BCUT2D eigenvalue weighted by molar-refractivity contribution is -0.132. The third-order valence-corrected chi connectivity index (χ3v) is 9.65. The average molecular weight is 606 g/mol. The summed E-state index contributed by atoms with van der Waals surface area (Å²) < 4.78 is 31.4. The van der Waals surface area contributed by atoms with Crippen LogP contribution in [0.15, 0.2) is 83.8 Å². The fourth-order valence-corrected chi connectivity index (χ4v) is 6.79. The SMILES string of the molecule is Cc1cccc2c1N(C(=O)COc1ccccc1)CCCN(C(C)C)CCN(C(=O)CCCS(=O)(=O)c1ccccc1)C2. The molecule has 0 unspecified atom stereocenters. The highest BCUT2D eigenvalue weighted by atomic mass is 32.2. The highest BCUT2D eigenvalue weighted by Gasteiger charge is 2.26. The number of amides is 2. The first-order valence-electron chi connectivity index (χ1n) is 15.0. The van der Waals surface area contributed by atoms with Gasteiger partial charge in [0.05, 0.1) is 16.3 Å². The Morgan fingerprint density at radius 2 is 1.53 bits per heavy atom. The van der Waals surface area contributed by atoms with Crippen molar-refractivity contribution in [3.63, 3.8) is 0 Å². The molecule has 9 heteroatoms. The molecule has 0 saturated carbocycles. The second kappa shape index (κ2) is 15.2. The molecule has 0 N–H and O–H groups in total. The molecule has 0 bridgehead atoms. The number of benzene rings is 3. The van der Waals surface area contributed by atoms with Crippen LogP contribution >= 0.6 is 0 Å². The van der Waals surface area contributed by atoms with Gasteiger partial charge in [-0.05, 0) is 69.0 Å². The van der Waals surface area contributed by atoms with Crippen LogP contribution in [-0.4, -0.2) is 74.6 Å². The monoisotopic (exact) mass is 605 g/mol. The topological polar surface area (TPSA) is 87.2 Å². The molecule has 0 aliphatic carbocycles. The zero-order chi connectivity index (χ0) is 30.8. The van der Waals surface area contributed by atoms with E-state index in [1.807, 2.05) is 65.3 Å². The summed E-state index contributed by atoms with van der Waals surface area (Å²) in [7, 11) is -3.47. The smallest absolute Gasteiger partial charge is 0.264 e. The van der Waals surface area contributed by atoms with Crippen LogP contribution in [0.2, 0.25) is 0 Å². The molecular formula is C34H43N3O5S. The number of ether oxygens (including phenoxy) is 1. The Balaban J connectivity index is 1.56. The van der Waals surface area contributed by atoms with Gasteiger partial charge in [0.15, 0.2) is 16.4 Å². The quantitative estimate of drug-likeness (QED) is 0.337. The van der Waals surface area contributed by atoms with Gasteiger partial charge in [0.25, 0.3) is 5.91 Å². The summed E-state index contributed by atoms with van der Waals surface area (Å²) in [5.74, 6) is 0.312. The van der Waals surface area contributed by atoms with Crippen molar-refractivity contribution in [2.45, 2.75) is 57.5 Å². The van der Waals surface area contributed by atoms with Crippen LogP contribution in [0.25, 0.3) is 0 Å². The van der Waals surface area contributed by atoms with Crippen LogP contribution in [0.1, 0.15) is 44.2 Å². The summed E-state index contributed by atoms with van der Waals surface area (Å²) in [6.45, 7) is 9.01. The van der Waals surface area contributed by atoms with E-state index in [0.717, 1.165) is 29.8 Å². The van der Waals surface area contributed by atoms with E-state index in [1.54, 1.807) is 30.3 Å². The number of rotatable bonds is 9. The fraction of sp³-hybridized carbons (Fsp3) is 0.412. The summed E-state index contributed by atoms with van der Waals surface area (Å²) in [6, 6.07) is 23.8. The second-order valence-electron chi connectivity index (χ2n) is 11.3. The molecule has 1 heterocycles. The molecule has 0 aromatic heterocycles. The zero-order valence-electron chi connectivity index (χ0n) is 25.4. The van der Waals surface area contributed by atoms with E-state index in [-0.39, 0.29) is 48.0 Å². The lowest BCUT2D eigenvalue weighted by Crippen LogP contribution is -2.41. The minimum absolute atomic E-state index is 0.0892. The number of para-hydroxylation sites is 2. The summed E-state index contributed by atoms with van der Waals surface area (Å²) in [6.07, 6.45) is 1.14. The van der Waals surface area contributed by atoms with Crippen LogP contribution in [0, 0.1) is 6.92 Å². The molecule has 230 valence electrons. The van der Waals surface area contributed by atoms with E-state index in [4.69, 9.17) is 4.74 Å². The van der Waals surface area contributed by atoms with Crippen molar-refractivity contribution >= 4 is 27.3 Å². The van der Waals surface area contributed by atoms with Gasteiger partial charge >= 0.3 is 0 Å². The van der Waals surface area contributed by atoms with Crippen molar-refractivity contribution in [1.82, 2.24) is 9.80 Å². The van der Waals surface area contributed by atoms with Gasteiger partial charge in [0.2, 0.25) is 5.91 Å². The minimum atomic E-state index is -3.47. The number of sulfone groups is 1. The largest absolute Gasteiger partial charge is 0.484 e. The first-order chi connectivity index (χ1) is 20.7. The first-order valence-corrected chi connectivity index (χ1v) is 16.7. The third kappa shape index (κ3) is 8.91. The van der Waals surface area contributed by atoms with E-state index >= 15 is 0 Å². The molecule has 1 aliphatic heterocycles. The molecule has 0 spiro atoms. The molecule has 0 saturated heterocycles. The fourth-order valence-electron chi connectivity index (χ4n) is 5.46. The van der Waals surface area contributed by atoms with Gasteiger partial charge in [0, 0.05) is 45.2 Å². The molecule has 0 radical (unpaired) electrons. The van der Waals surface area contributed by atoms with Crippen molar-refractivity contribution in [2.75, 3.05) is 43.4 Å². The van der Waals surface area contributed by atoms with E-state index < -0.39 is 9.84 Å². The van der Waals surface area contributed by atoms with Crippen molar-refractivity contribution < 1.29 is 22.7 Å². The molecule has 3 aromatic carbocycles. The van der Waals surface area contributed by atoms with Crippen LogP contribution in [0.3, 0.4) is 0 Å². The lowest BCUT2D eigenvalue weighted by Gasteiger charge is -2.30. The Morgan fingerprint density at radius 3 is 2.23 bits per heavy atom. The predicted octanol–water partition coefficient (Wildman–Crippen LogP) is 5.10. The number of anilines is 1. The van der Waals surface area contributed by atoms with Gasteiger partial charge in [-0.25, -0.2) is 8.42 Å². The lowest BCUT2D eigenvalue weighted by atomic mass is 10.0. The molecule has 4 rings (SSSR count). The molecule has 0 atom stereocenters. The predicted molar refractivity (Wildman–Crippen MR) is 170 cm³/mol. The number of hydrogen-bond donors (Lipinski definition) is 0. The zero-order valence-corrected chi connectivity index (χ0v) is 26.3. The summed E-state index contributed by atoms with van der Waals surface area (Å²) in [5, 5.41) is 0. The maximum absolute atomic E-state index is 13.7. The third-order valence-electron chi connectivity index (χ3n) is 7.83. The molecule has 3 aromatic rings. The molecule has 8 nitrogen and oxygen atoms in total. The molecule has 43 heavy (non-hydrogen) atoms. The Hall–Kier alpha value is -3.69. The maximum Gasteiger partial charge on any atom is 0.264 e. The highest BCUT2D eigenvalue weighted by molar-refractivity contribution is 7.91. The highest BCUT2D eigenvalue weighted by Crippen LogP contribution is 2.28. The summed E-state index contributed by atoms with van der Waals surface area (Å²) >= 11 is 0. The Labute approximate surface area is 256 Å². The van der Waals surface area contributed by atoms with Gasteiger partial charge in [-0.3, -0.25) is 14.5 Å². The van der Waals surface area contributed by atoms with Gasteiger partial charge in [-0.2, -0.15) is 0 Å². The van der Waals surface area contributed by atoms with Crippen LogP contribution in [0.4, 0.5) is 5.69 Å². The second-order valence-corrected chi connectivity index (χ2v) is 13.4. The van der Waals surface area contributed by atoms with Crippen LogP contribution in [-0.2, 0) is 26.0 Å². The Kier molecular flexibility index (Phi) is 11.4. The van der Waals surface area contributed by atoms with E-state index in [1.165, 1.54) is 0 Å². The average Bonchev–Trinajstić information content (AvgIpc) is 3.03. The Bertz CT molecular complexity index is 1460. The van der Waals surface area contributed by atoms with E-state index in [9.17, 15) is 18.0 Å². The van der Waals surface area contributed by atoms with E-state index in [0.29, 0.717) is 31.9 Å². The number of nitrogens with zero attached hydrogens (tertiary/aromatic N) is 3. The Morgan fingerprint density at radius 1 is 0.837 bits per heavy atom. The van der Waals surface area contributed by atoms with Gasteiger partial charge in [0.1, 0.15) is 5.75 Å². The first kappa shape index (κ1) is 32.2. The van der Waals surface area contributed by atoms with Crippen molar-refractivity contribution in [3.05, 3.63) is 90.0 Å². The number of carbonyl (C=O) groups is 2. The van der Waals surface area contributed by atoms with Gasteiger partial charge in [-0.1, -0.05) is 54.6 Å². The minimum Gasteiger partial charge on any atom is -0.484 e. The van der Waals surface area contributed by atoms with Crippen molar-refractivity contribution in [2.24, 2.45) is 0 Å². The number of fused-ring (bicyclic) bond motifs is 1. The van der Waals surface area contributed by atoms with Crippen molar-refractivity contribution in [1.29, 1.82) is 0 Å².